The highest BCUT2D eigenvalue weighted by Gasteiger charge is 2.20. The molecule has 0 spiro atoms. The quantitative estimate of drug-likeness (QED) is 0.338. The zero-order chi connectivity index (χ0) is 25.3. The van der Waals surface area contributed by atoms with Gasteiger partial charge >= 0.3 is 0 Å². The predicted molar refractivity (Wildman–Crippen MR) is 153 cm³/mol. The zero-order valence-electron chi connectivity index (χ0n) is 20.8. The molecule has 1 atom stereocenters. The van der Waals surface area contributed by atoms with E-state index in [0.29, 0.717) is 11.6 Å². The Balaban J connectivity index is 0.000000203. The van der Waals surface area contributed by atoms with E-state index in [-0.39, 0.29) is 5.92 Å². The summed E-state index contributed by atoms with van der Waals surface area (Å²) in [5.74, 6) is 1.15. The fourth-order valence-corrected chi connectivity index (χ4v) is 5.27. The second kappa shape index (κ2) is 18.1. The van der Waals surface area contributed by atoms with Gasteiger partial charge in [-0.1, -0.05) is 102 Å². The van der Waals surface area contributed by atoms with Crippen LogP contribution in [0, 0.1) is 5.92 Å². The molecule has 0 aromatic heterocycles. The van der Waals surface area contributed by atoms with Crippen LogP contribution >= 0.6 is 39.1 Å². The molecule has 0 aliphatic heterocycles. The molecule has 0 radical (unpaired) electrons. The van der Waals surface area contributed by atoms with Gasteiger partial charge in [-0.25, -0.2) is 0 Å². The molecule has 0 heterocycles. The molecule has 1 unspecified atom stereocenters. The first-order valence-corrected chi connectivity index (χ1v) is 14.9. The number of hydrogen-bond donors (Lipinski definition) is 0. The largest absolute Gasteiger partial charge is 0.300 e. The van der Waals surface area contributed by atoms with E-state index in [4.69, 9.17) is 23.2 Å². The summed E-state index contributed by atoms with van der Waals surface area (Å²) >= 11 is 15.0. The summed E-state index contributed by atoms with van der Waals surface area (Å²) in [6.45, 7) is 0. The van der Waals surface area contributed by atoms with Gasteiger partial charge < -0.3 is 0 Å². The summed E-state index contributed by atoms with van der Waals surface area (Å²) in [5, 5.41) is 2.43. The highest BCUT2D eigenvalue weighted by atomic mass is 79.9. The minimum atomic E-state index is 0.216. The summed E-state index contributed by atoms with van der Waals surface area (Å²) in [6.07, 6.45) is 15.3. The van der Waals surface area contributed by atoms with Crippen LogP contribution in [-0.4, -0.2) is 11.6 Å². The number of benzene rings is 2. The van der Waals surface area contributed by atoms with Crippen molar-refractivity contribution in [2.75, 3.05) is 0 Å². The van der Waals surface area contributed by atoms with Crippen LogP contribution in [0.5, 0.6) is 0 Å². The molecule has 0 saturated heterocycles. The fraction of sp³-hybridized carbons (Fsp3) is 0.533. The van der Waals surface area contributed by atoms with Crippen molar-refractivity contribution in [1.29, 1.82) is 0 Å². The lowest BCUT2D eigenvalue weighted by Gasteiger charge is -2.18. The third-order valence-corrected chi connectivity index (χ3v) is 7.62. The molecule has 2 aromatic carbocycles. The molecule has 0 bridgehead atoms. The second-order valence-corrected chi connectivity index (χ2v) is 11.0. The first-order chi connectivity index (χ1) is 17.0. The van der Waals surface area contributed by atoms with Gasteiger partial charge in [-0.05, 0) is 67.5 Å². The van der Waals surface area contributed by atoms with E-state index in [9.17, 15) is 9.59 Å². The fourth-order valence-electron chi connectivity index (χ4n) is 4.49. The molecule has 35 heavy (non-hydrogen) atoms. The maximum Gasteiger partial charge on any atom is 0.136 e. The van der Waals surface area contributed by atoms with Crippen molar-refractivity contribution in [3.63, 3.8) is 0 Å². The Bertz CT molecular complexity index is 889. The molecule has 0 N–H and O–H groups in total. The number of carbonyl (C=O) groups excluding carboxylic acids is 2. The SMILES string of the molecule is Clc1cccc(CBr)c1.O=C1CCCCCCC1.O=C1CCCCCCC1Cc1cccc(Cl)c1. The molecule has 192 valence electrons. The molecule has 2 aliphatic carbocycles. The van der Waals surface area contributed by atoms with Gasteiger partial charge in [-0.15, -0.1) is 0 Å². The summed E-state index contributed by atoms with van der Waals surface area (Å²) in [4.78, 5) is 22.9. The molecule has 2 aromatic rings. The molecule has 2 nitrogen and oxygen atoms in total. The Morgan fingerprint density at radius 3 is 1.77 bits per heavy atom. The predicted octanol–water partition coefficient (Wildman–Crippen LogP) is 9.96. The van der Waals surface area contributed by atoms with Gasteiger partial charge in [0.15, 0.2) is 0 Å². The first kappa shape index (κ1) is 30.1. The van der Waals surface area contributed by atoms with Crippen molar-refractivity contribution in [2.24, 2.45) is 5.92 Å². The summed E-state index contributed by atoms with van der Waals surface area (Å²) < 4.78 is 0. The van der Waals surface area contributed by atoms with Crippen LogP contribution in [0.15, 0.2) is 48.5 Å². The standard InChI is InChI=1S/C15H19ClO.C8H14O.C7H6BrCl/c16-14-8-5-6-12(11-14)10-13-7-3-1-2-4-9-15(13)17;9-8-6-4-2-1-3-5-7-8;8-5-6-2-1-3-7(9)4-6/h5-6,8,11,13H,1-4,7,9-10H2;1-7H2;1-4H,5H2. The van der Waals surface area contributed by atoms with E-state index in [0.717, 1.165) is 66.7 Å². The molecule has 2 aliphatic rings. The Morgan fingerprint density at radius 2 is 1.20 bits per heavy atom. The van der Waals surface area contributed by atoms with Crippen molar-refractivity contribution >= 4 is 50.7 Å². The van der Waals surface area contributed by atoms with Gasteiger partial charge in [0.1, 0.15) is 11.6 Å². The summed E-state index contributed by atoms with van der Waals surface area (Å²) in [6, 6.07) is 15.7. The lowest BCUT2D eigenvalue weighted by atomic mass is 9.86. The molecule has 2 fully saturated rings. The maximum absolute atomic E-state index is 12.0. The molecule has 4 rings (SSSR count). The van der Waals surface area contributed by atoms with E-state index in [1.807, 2.05) is 42.5 Å². The van der Waals surface area contributed by atoms with Crippen molar-refractivity contribution in [1.82, 2.24) is 0 Å². The van der Waals surface area contributed by atoms with Gasteiger partial charge in [-0.2, -0.15) is 0 Å². The van der Waals surface area contributed by atoms with Crippen LogP contribution in [0.1, 0.15) is 94.6 Å². The monoisotopic (exact) mass is 580 g/mol. The van der Waals surface area contributed by atoms with Gasteiger partial charge in [0.25, 0.3) is 0 Å². The van der Waals surface area contributed by atoms with Gasteiger partial charge in [-0.3, -0.25) is 9.59 Å². The Kier molecular flexibility index (Phi) is 15.6. The second-order valence-electron chi connectivity index (χ2n) is 9.52. The smallest absolute Gasteiger partial charge is 0.136 e. The minimum Gasteiger partial charge on any atom is -0.300 e. The number of hydrogen-bond acceptors (Lipinski definition) is 2. The highest BCUT2D eigenvalue weighted by Crippen LogP contribution is 2.24. The van der Waals surface area contributed by atoms with Crippen LogP contribution in [0.25, 0.3) is 0 Å². The summed E-state index contributed by atoms with van der Waals surface area (Å²) in [7, 11) is 0. The van der Waals surface area contributed by atoms with Gasteiger partial charge in [0.05, 0.1) is 0 Å². The average Bonchev–Trinajstić information content (AvgIpc) is 2.82. The third kappa shape index (κ3) is 13.6. The lowest BCUT2D eigenvalue weighted by Crippen LogP contribution is -2.18. The lowest BCUT2D eigenvalue weighted by molar-refractivity contribution is -0.123. The molecule has 5 heteroatoms. The third-order valence-electron chi connectivity index (χ3n) is 6.51. The van der Waals surface area contributed by atoms with Crippen molar-refractivity contribution < 1.29 is 9.59 Å². The van der Waals surface area contributed by atoms with Crippen LogP contribution in [-0.2, 0) is 21.3 Å². The zero-order valence-corrected chi connectivity index (χ0v) is 23.9. The van der Waals surface area contributed by atoms with Gasteiger partial charge in [0.2, 0.25) is 0 Å². The van der Waals surface area contributed by atoms with E-state index in [2.05, 4.69) is 22.0 Å². The molecular weight excluding hydrogens is 543 g/mol. The molecular formula is C30H39BrCl2O2. The number of rotatable bonds is 3. The molecule has 0 amide bonds. The van der Waals surface area contributed by atoms with Crippen molar-refractivity contribution in [2.45, 2.75) is 95.2 Å². The number of halogens is 3. The summed E-state index contributed by atoms with van der Waals surface area (Å²) in [5.41, 5.74) is 2.40. The van der Waals surface area contributed by atoms with Crippen LogP contribution in [0.3, 0.4) is 0 Å². The minimum absolute atomic E-state index is 0.216. The Hall–Kier alpha value is -1.16. The van der Waals surface area contributed by atoms with Crippen molar-refractivity contribution in [3.8, 4) is 0 Å². The normalized spacial score (nSPS) is 19.0. The maximum atomic E-state index is 12.0. The van der Waals surface area contributed by atoms with Crippen LogP contribution < -0.4 is 0 Å². The van der Waals surface area contributed by atoms with Crippen LogP contribution in [0.4, 0.5) is 0 Å². The highest BCUT2D eigenvalue weighted by molar-refractivity contribution is 9.08. The average molecular weight is 582 g/mol. The Morgan fingerprint density at radius 1 is 0.686 bits per heavy atom. The Labute approximate surface area is 230 Å². The first-order valence-electron chi connectivity index (χ1n) is 13.1. The number of ketones is 2. The number of carbonyl (C=O) groups is 2. The molecule has 2 saturated carbocycles. The van der Waals surface area contributed by atoms with E-state index < -0.39 is 0 Å². The van der Waals surface area contributed by atoms with Gasteiger partial charge in [0, 0.05) is 40.6 Å². The van der Waals surface area contributed by atoms with E-state index in [1.54, 1.807) is 0 Å². The number of Topliss-reactive ketones (excluding diaryl/α,β-unsaturated/α-hetero) is 2. The van der Waals surface area contributed by atoms with E-state index in [1.165, 1.54) is 49.7 Å². The van der Waals surface area contributed by atoms with Crippen LogP contribution in [0.2, 0.25) is 10.0 Å². The number of alkyl halides is 1. The van der Waals surface area contributed by atoms with Crippen molar-refractivity contribution in [3.05, 3.63) is 69.7 Å². The van der Waals surface area contributed by atoms with E-state index >= 15 is 0 Å². The topological polar surface area (TPSA) is 34.1 Å².